The minimum Gasteiger partial charge on any atom is -0.315 e. The van der Waals surface area contributed by atoms with Crippen molar-refractivity contribution >= 4 is 23.1 Å². The molecular weight excluding hydrogens is 304 g/mol. The summed E-state index contributed by atoms with van der Waals surface area (Å²) >= 11 is 3.36. The fraction of sp³-hybridized carbons (Fsp3) is 0.692. The van der Waals surface area contributed by atoms with E-state index in [1.165, 1.54) is 5.01 Å². The lowest BCUT2D eigenvalue weighted by atomic mass is 10.2. The third-order valence-electron chi connectivity index (χ3n) is 2.84. The Bertz CT molecular complexity index is 536. The summed E-state index contributed by atoms with van der Waals surface area (Å²) in [7, 11) is 0. The largest absolute Gasteiger partial charge is 0.315 e. The Balaban J connectivity index is 1.83. The minimum atomic E-state index is 0.490. The Morgan fingerprint density at radius 1 is 1.38 bits per heavy atom. The van der Waals surface area contributed by atoms with Crippen molar-refractivity contribution in [3.63, 3.8) is 0 Å². The van der Waals surface area contributed by atoms with E-state index in [0.717, 1.165) is 42.7 Å². The molecule has 2 heterocycles. The molecule has 0 aliphatic heterocycles. The van der Waals surface area contributed by atoms with Gasteiger partial charge in [-0.15, -0.1) is 16.4 Å². The van der Waals surface area contributed by atoms with Crippen molar-refractivity contribution in [1.82, 2.24) is 30.5 Å². The van der Waals surface area contributed by atoms with Crippen LogP contribution in [-0.4, -0.2) is 38.3 Å². The van der Waals surface area contributed by atoms with Gasteiger partial charge in [0.1, 0.15) is 0 Å². The van der Waals surface area contributed by atoms with Crippen LogP contribution in [0.2, 0.25) is 0 Å². The van der Waals surface area contributed by atoms with Crippen LogP contribution in [0.1, 0.15) is 43.8 Å². The molecule has 0 saturated carbocycles. The first-order valence-corrected chi connectivity index (χ1v) is 9.11. The van der Waals surface area contributed by atoms with Crippen LogP contribution in [0.15, 0.2) is 10.5 Å². The molecule has 0 spiro atoms. The third kappa shape index (κ3) is 5.05. The quantitative estimate of drug-likeness (QED) is 0.564. The SMILES string of the molecule is CCCNCCn1nnnc1SCc1csc(C(C)C)n1. The number of nitrogens with one attached hydrogen (secondary N) is 1. The first-order chi connectivity index (χ1) is 10.2. The second kappa shape index (κ2) is 8.45. The monoisotopic (exact) mass is 326 g/mol. The number of hydrogen-bond acceptors (Lipinski definition) is 7. The molecule has 2 rings (SSSR count). The van der Waals surface area contributed by atoms with Crippen molar-refractivity contribution in [2.45, 2.75) is 50.6 Å². The predicted octanol–water partition coefficient (Wildman–Crippen LogP) is 2.54. The molecule has 0 saturated heterocycles. The third-order valence-corrected chi connectivity index (χ3v) is 5.02. The van der Waals surface area contributed by atoms with Crippen LogP contribution in [0, 0.1) is 0 Å². The topological polar surface area (TPSA) is 68.5 Å². The lowest BCUT2D eigenvalue weighted by molar-refractivity contribution is 0.510. The number of nitrogens with zero attached hydrogens (tertiary/aromatic N) is 5. The van der Waals surface area contributed by atoms with Crippen molar-refractivity contribution < 1.29 is 0 Å². The maximum Gasteiger partial charge on any atom is 0.209 e. The number of thioether (sulfide) groups is 1. The van der Waals surface area contributed by atoms with Crippen molar-refractivity contribution in [2.24, 2.45) is 0 Å². The molecule has 0 bridgehead atoms. The van der Waals surface area contributed by atoms with E-state index in [1.54, 1.807) is 23.1 Å². The Morgan fingerprint density at radius 2 is 2.24 bits per heavy atom. The van der Waals surface area contributed by atoms with E-state index in [9.17, 15) is 0 Å². The molecule has 8 heteroatoms. The number of tetrazole rings is 1. The van der Waals surface area contributed by atoms with Crippen LogP contribution in [0.4, 0.5) is 0 Å². The summed E-state index contributed by atoms with van der Waals surface area (Å²) in [5.74, 6) is 1.30. The van der Waals surface area contributed by atoms with Gasteiger partial charge >= 0.3 is 0 Å². The summed E-state index contributed by atoms with van der Waals surface area (Å²) in [6, 6.07) is 0. The highest BCUT2D eigenvalue weighted by molar-refractivity contribution is 7.98. The molecule has 116 valence electrons. The molecule has 0 aromatic carbocycles. The number of aromatic nitrogens is 5. The molecule has 6 nitrogen and oxygen atoms in total. The van der Waals surface area contributed by atoms with Crippen LogP contribution in [0.3, 0.4) is 0 Å². The number of hydrogen-bond donors (Lipinski definition) is 1. The van der Waals surface area contributed by atoms with E-state index in [-0.39, 0.29) is 0 Å². The molecule has 0 fully saturated rings. The van der Waals surface area contributed by atoms with Gasteiger partial charge in [0.25, 0.3) is 0 Å². The lowest BCUT2D eigenvalue weighted by Crippen LogP contribution is -2.21. The van der Waals surface area contributed by atoms with Gasteiger partial charge in [0.15, 0.2) is 0 Å². The van der Waals surface area contributed by atoms with Crippen molar-refractivity contribution in [2.75, 3.05) is 13.1 Å². The molecule has 0 atom stereocenters. The van der Waals surface area contributed by atoms with Gasteiger partial charge in [0.2, 0.25) is 5.16 Å². The van der Waals surface area contributed by atoms with E-state index >= 15 is 0 Å². The van der Waals surface area contributed by atoms with Crippen molar-refractivity contribution in [1.29, 1.82) is 0 Å². The summed E-state index contributed by atoms with van der Waals surface area (Å²) in [5, 5.41) is 19.4. The molecule has 0 aliphatic rings. The number of rotatable bonds is 9. The maximum absolute atomic E-state index is 4.63. The molecule has 21 heavy (non-hydrogen) atoms. The zero-order valence-corrected chi connectivity index (χ0v) is 14.4. The van der Waals surface area contributed by atoms with Crippen LogP contribution in [0.5, 0.6) is 0 Å². The van der Waals surface area contributed by atoms with E-state index in [1.807, 2.05) is 4.68 Å². The van der Waals surface area contributed by atoms with Crippen molar-refractivity contribution in [3.05, 3.63) is 16.1 Å². The molecule has 0 radical (unpaired) electrons. The first-order valence-electron chi connectivity index (χ1n) is 7.24. The Hall–Kier alpha value is -0.990. The smallest absolute Gasteiger partial charge is 0.209 e. The molecule has 0 unspecified atom stereocenters. The molecule has 1 N–H and O–H groups in total. The van der Waals surface area contributed by atoms with Gasteiger partial charge in [-0.2, -0.15) is 0 Å². The van der Waals surface area contributed by atoms with Gasteiger partial charge in [-0.1, -0.05) is 32.5 Å². The predicted molar refractivity (Wildman–Crippen MR) is 86.7 cm³/mol. The zero-order valence-electron chi connectivity index (χ0n) is 12.7. The maximum atomic E-state index is 4.63. The van der Waals surface area contributed by atoms with E-state index in [2.05, 4.69) is 52.0 Å². The second-order valence-corrected chi connectivity index (χ2v) is 6.89. The average molecular weight is 326 g/mol. The van der Waals surface area contributed by atoms with Gasteiger partial charge in [-0.25, -0.2) is 9.67 Å². The Kier molecular flexibility index (Phi) is 6.59. The summed E-state index contributed by atoms with van der Waals surface area (Å²) in [6.07, 6.45) is 1.14. The fourth-order valence-electron chi connectivity index (χ4n) is 1.72. The lowest BCUT2D eigenvalue weighted by Gasteiger charge is -2.04. The zero-order chi connectivity index (χ0) is 15.1. The van der Waals surface area contributed by atoms with Gasteiger partial charge in [-0.3, -0.25) is 0 Å². The summed E-state index contributed by atoms with van der Waals surface area (Å²) in [4.78, 5) is 4.63. The minimum absolute atomic E-state index is 0.490. The molecule has 0 aliphatic carbocycles. The highest BCUT2D eigenvalue weighted by Crippen LogP contribution is 2.24. The van der Waals surface area contributed by atoms with Crippen LogP contribution in [0.25, 0.3) is 0 Å². The Morgan fingerprint density at radius 3 is 2.95 bits per heavy atom. The van der Waals surface area contributed by atoms with Gasteiger partial charge < -0.3 is 5.32 Å². The summed E-state index contributed by atoms with van der Waals surface area (Å²) in [6.45, 7) is 9.20. The van der Waals surface area contributed by atoms with Crippen LogP contribution < -0.4 is 5.32 Å². The molecule has 2 aromatic rings. The van der Waals surface area contributed by atoms with Gasteiger partial charge in [0.05, 0.1) is 17.2 Å². The number of thiazole rings is 1. The van der Waals surface area contributed by atoms with Crippen LogP contribution in [-0.2, 0) is 12.3 Å². The van der Waals surface area contributed by atoms with Gasteiger partial charge in [0, 0.05) is 23.6 Å². The fourth-order valence-corrected chi connectivity index (χ4v) is 3.46. The first kappa shape index (κ1) is 16.4. The summed E-state index contributed by atoms with van der Waals surface area (Å²) in [5.41, 5.74) is 1.10. The van der Waals surface area contributed by atoms with Crippen molar-refractivity contribution in [3.8, 4) is 0 Å². The molecule has 2 aromatic heterocycles. The Labute approximate surface area is 133 Å². The van der Waals surface area contributed by atoms with Gasteiger partial charge in [-0.05, 0) is 23.4 Å². The standard InChI is InChI=1S/C13H22N6S2/c1-4-5-14-6-7-19-13(16-17-18-19)21-9-11-8-20-12(15-11)10(2)3/h8,10,14H,4-7,9H2,1-3H3. The second-order valence-electron chi connectivity index (χ2n) is 5.06. The summed E-state index contributed by atoms with van der Waals surface area (Å²) < 4.78 is 1.85. The normalized spacial score (nSPS) is 11.4. The average Bonchev–Trinajstić information content (AvgIpc) is 3.10. The van der Waals surface area contributed by atoms with E-state index in [4.69, 9.17) is 0 Å². The van der Waals surface area contributed by atoms with Crippen LogP contribution >= 0.6 is 23.1 Å². The molecular formula is C13H22N6S2. The molecule has 0 amide bonds. The highest BCUT2D eigenvalue weighted by Gasteiger charge is 2.10. The van der Waals surface area contributed by atoms with E-state index < -0.39 is 0 Å². The highest BCUT2D eigenvalue weighted by atomic mass is 32.2. The van der Waals surface area contributed by atoms with E-state index in [0.29, 0.717) is 5.92 Å².